The summed E-state index contributed by atoms with van der Waals surface area (Å²) in [5, 5.41) is 2.86. The smallest absolute Gasteiger partial charge is 0.251 e. The molecule has 0 aliphatic heterocycles. The molecule has 0 unspecified atom stereocenters. The van der Waals surface area contributed by atoms with Crippen molar-refractivity contribution in [2.24, 2.45) is 0 Å². The molecule has 0 saturated carbocycles. The highest BCUT2D eigenvalue weighted by molar-refractivity contribution is 7.89. The molecule has 0 aliphatic rings. The molecule has 0 spiro atoms. The van der Waals surface area contributed by atoms with E-state index in [4.69, 9.17) is 5.73 Å². The SMILES string of the molecule is CCN(CC)S(=O)(=O)c1ccc(C)c(C(=O)NCCc2ccc(N)cc2)c1. The van der Waals surface area contributed by atoms with Crippen LogP contribution < -0.4 is 11.1 Å². The fourth-order valence-corrected chi connectivity index (χ4v) is 4.30. The van der Waals surface area contributed by atoms with E-state index in [0.29, 0.717) is 37.3 Å². The highest BCUT2D eigenvalue weighted by Gasteiger charge is 2.23. The van der Waals surface area contributed by atoms with Gasteiger partial charge in [0.15, 0.2) is 0 Å². The number of rotatable bonds is 8. The molecule has 146 valence electrons. The number of nitrogens with zero attached hydrogens (tertiary/aromatic N) is 1. The normalized spacial score (nSPS) is 11.6. The predicted molar refractivity (Wildman–Crippen MR) is 108 cm³/mol. The highest BCUT2D eigenvalue weighted by atomic mass is 32.2. The first kappa shape index (κ1) is 20.9. The molecular formula is C20H27N3O3S. The summed E-state index contributed by atoms with van der Waals surface area (Å²) in [4.78, 5) is 12.7. The molecule has 0 radical (unpaired) electrons. The van der Waals surface area contributed by atoms with Crippen molar-refractivity contribution in [2.45, 2.75) is 32.1 Å². The Bertz CT molecular complexity index is 889. The third-order valence-corrected chi connectivity index (χ3v) is 6.52. The number of hydrogen-bond acceptors (Lipinski definition) is 4. The number of nitrogens with one attached hydrogen (secondary N) is 1. The van der Waals surface area contributed by atoms with Crippen LogP contribution in [0.15, 0.2) is 47.4 Å². The average Bonchev–Trinajstić information content (AvgIpc) is 2.64. The summed E-state index contributed by atoms with van der Waals surface area (Å²) in [6.45, 7) is 6.60. The van der Waals surface area contributed by atoms with Crippen molar-refractivity contribution in [1.82, 2.24) is 9.62 Å². The van der Waals surface area contributed by atoms with Gasteiger partial charge in [-0.2, -0.15) is 4.31 Å². The van der Waals surface area contributed by atoms with Gasteiger partial charge in [-0.3, -0.25) is 4.79 Å². The highest BCUT2D eigenvalue weighted by Crippen LogP contribution is 2.19. The number of carbonyl (C=O) groups is 1. The fraction of sp³-hybridized carbons (Fsp3) is 0.350. The zero-order valence-electron chi connectivity index (χ0n) is 16.0. The first-order valence-corrected chi connectivity index (χ1v) is 10.5. The summed E-state index contributed by atoms with van der Waals surface area (Å²) in [6.07, 6.45) is 0.669. The van der Waals surface area contributed by atoms with E-state index in [1.807, 2.05) is 24.3 Å². The van der Waals surface area contributed by atoms with Crippen LogP contribution in [0.3, 0.4) is 0 Å². The maximum Gasteiger partial charge on any atom is 0.251 e. The molecule has 0 heterocycles. The van der Waals surface area contributed by atoms with Gasteiger partial charge in [-0.15, -0.1) is 0 Å². The molecule has 6 nitrogen and oxygen atoms in total. The minimum atomic E-state index is -3.60. The monoisotopic (exact) mass is 389 g/mol. The molecule has 0 aliphatic carbocycles. The third-order valence-electron chi connectivity index (χ3n) is 4.48. The fourth-order valence-electron chi connectivity index (χ4n) is 2.82. The van der Waals surface area contributed by atoms with E-state index >= 15 is 0 Å². The Kier molecular flexibility index (Phi) is 6.98. The van der Waals surface area contributed by atoms with Gasteiger partial charge in [0.2, 0.25) is 10.0 Å². The molecule has 0 atom stereocenters. The molecule has 0 saturated heterocycles. The Morgan fingerprint density at radius 3 is 2.30 bits per heavy atom. The van der Waals surface area contributed by atoms with Crippen molar-refractivity contribution in [2.75, 3.05) is 25.4 Å². The van der Waals surface area contributed by atoms with Crippen LogP contribution in [0.4, 0.5) is 5.69 Å². The third kappa shape index (κ3) is 5.08. The van der Waals surface area contributed by atoms with Gasteiger partial charge in [-0.25, -0.2) is 8.42 Å². The second-order valence-electron chi connectivity index (χ2n) is 6.31. The molecule has 3 N–H and O–H groups in total. The number of benzene rings is 2. The lowest BCUT2D eigenvalue weighted by Gasteiger charge is -2.19. The Balaban J connectivity index is 2.12. The lowest BCUT2D eigenvalue weighted by molar-refractivity contribution is 0.0953. The van der Waals surface area contributed by atoms with E-state index in [1.54, 1.807) is 32.9 Å². The molecule has 0 fully saturated rings. The quantitative estimate of drug-likeness (QED) is 0.679. The second kappa shape index (κ2) is 9.01. The van der Waals surface area contributed by atoms with E-state index in [9.17, 15) is 13.2 Å². The summed E-state index contributed by atoms with van der Waals surface area (Å²) in [5.41, 5.74) is 8.54. The molecule has 0 bridgehead atoms. The van der Waals surface area contributed by atoms with Crippen molar-refractivity contribution in [3.8, 4) is 0 Å². The summed E-state index contributed by atoms with van der Waals surface area (Å²) in [5.74, 6) is -0.278. The van der Waals surface area contributed by atoms with Crippen LogP contribution in [0.5, 0.6) is 0 Å². The number of hydrogen-bond donors (Lipinski definition) is 2. The molecule has 2 rings (SSSR count). The van der Waals surface area contributed by atoms with E-state index in [0.717, 1.165) is 11.1 Å². The standard InChI is InChI=1S/C20H27N3O3S/c1-4-23(5-2)27(25,26)18-11-6-15(3)19(14-18)20(24)22-13-12-16-7-9-17(21)10-8-16/h6-11,14H,4-5,12-13,21H2,1-3H3,(H,22,24). The zero-order chi connectivity index (χ0) is 20.0. The van der Waals surface area contributed by atoms with E-state index in [-0.39, 0.29) is 10.8 Å². The van der Waals surface area contributed by atoms with E-state index in [1.165, 1.54) is 10.4 Å². The molecule has 0 aromatic heterocycles. The van der Waals surface area contributed by atoms with Gasteiger partial charge >= 0.3 is 0 Å². The van der Waals surface area contributed by atoms with Crippen molar-refractivity contribution in [3.63, 3.8) is 0 Å². The van der Waals surface area contributed by atoms with Crippen molar-refractivity contribution >= 4 is 21.6 Å². The molecule has 1 amide bonds. The summed E-state index contributed by atoms with van der Waals surface area (Å²) in [6, 6.07) is 12.2. The van der Waals surface area contributed by atoms with Crippen LogP contribution in [0.25, 0.3) is 0 Å². The van der Waals surface area contributed by atoms with Gasteiger partial charge < -0.3 is 11.1 Å². The van der Waals surface area contributed by atoms with Crippen LogP contribution >= 0.6 is 0 Å². The maximum atomic E-state index is 12.7. The Morgan fingerprint density at radius 2 is 1.70 bits per heavy atom. The van der Waals surface area contributed by atoms with Crippen molar-refractivity contribution in [3.05, 3.63) is 59.2 Å². The Labute approximate surface area is 161 Å². The lowest BCUT2D eigenvalue weighted by atomic mass is 10.1. The molecule has 2 aromatic carbocycles. The van der Waals surface area contributed by atoms with Gasteiger partial charge in [-0.05, 0) is 48.7 Å². The maximum absolute atomic E-state index is 12.7. The molecular weight excluding hydrogens is 362 g/mol. The largest absolute Gasteiger partial charge is 0.399 e. The number of anilines is 1. The van der Waals surface area contributed by atoms with Gasteiger partial charge in [0.05, 0.1) is 4.90 Å². The topological polar surface area (TPSA) is 92.5 Å². The van der Waals surface area contributed by atoms with Gasteiger partial charge in [0.25, 0.3) is 5.91 Å². The Morgan fingerprint density at radius 1 is 1.07 bits per heavy atom. The van der Waals surface area contributed by atoms with Gasteiger partial charge in [-0.1, -0.05) is 32.0 Å². The molecule has 27 heavy (non-hydrogen) atoms. The number of aryl methyl sites for hydroxylation is 1. The first-order chi connectivity index (χ1) is 12.8. The van der Waals surface area contributed by atoms with Crippen LogP contribution in [0, 0.1) is 6.92 Å². The summed E-state index contributed by atoms with van der Waals surface area (Å²) < 4.78 is 26.8. The number of sulfonamides is 1. The first-order valence-electron chi connectivity index (χ1n) is 9.03. The number of carbonyl (C=O) groups excluding carboxylic acids is 1. The number of amides is 1. The van der Waals surface area contributed by atoms with Crippen LogP contribution in [-0.2, 0) is 16.4 Å². The summed E-state index contributed by atoms with van der Waals surface area (Å²) >= 11 is 0. The predicted octanol–water partition coefficient (Wildman–Crippen LogP) is 2.58. The minimum Gasteiger partial charge on any atom is -0.399 e. The average molecular weight is 390 g/mol. The van der Waals surface area contributed by atoms with E-state index < -0.39 is 10.0 Å². The minimum absolute atomic E-state index is 0.139. The van der Waals surface area contributed by atoms with Crippen molar-refractivity contribution < 1.29 is 13.2 Å². The lowest BCUT2D eigenvalue weighted by Crippen LogP contribution is -2.31. The number of nitrogen functional groups attached to an aromatic ring is 1. The van der Waals surface area contributed by atoms with Crippen LogP contribution in [0.2, 0.25) is 0 Å². The second-order valence-corrected chi connectivity index (χ2v) is 8.25. The molecule has 2 aromatic rings. The van der Waals surface area contributed by atoms with E-state index in [2.05, 4.69) is 5.32 Å². The Hall–Kier alpha value is -2.38. The zero-order valence-corrected chi connectivity index (χ0v) is 16.8. The molecule has 7 heteroatoms. The van der Waals surface area contributed by atoms with Gasteiger partial charge in [0, 0.05) is 30.9 Å². The van der Waals surface area contributed by atoms with Gasteiger partial charge in [0.1, 0.15) is 0 Å². The summed E-state index contributed by atoms with van der Waals surface area (Å²) in [7, 11) is -3.60. The van der Waals surface area contributed by atoms with Crippen LogP contribution in [-0.4, -0.2) is 38.3 Å². The van der Waals surface area contributed by atoms with Crippen molar-refractivity contribution in [1.29, 1.82) is 0 Å². The number of nitrogens with two attached hydrogens (primary N) is 1. The van der Waals surface area contributed by atoms with Crippen LogP contribution in [0.1, 0.15) is 35.3 Å².